The highest BCUT2D eigenvalue weighted by molar-refractivity contribution is 7.91. The molecule has 0 aromatic heterocycles. The average Bonchev–Trinajstić information content (AvgIpc) is 3.34. The van der Waals surface area contributed by atoms with Gasteiger partial charge in [-0.3, -0.25) is 15.0 Å². The van der Waals surface area contributed by atoms with E-state index in [9.17, 15) is 18.0 Å². The van der Waals surface area contributed by atoms with Crippen LogP contribution >= 0.6 is 0 Å². The molecule has 2 aromatic carbocycles. The maximum Gasteiger partial charge on any atom is 0.411 e. The molecule has 190 valence electrons. The first kappa shape index (κ1) is 26.5. The molecule has 0 bridgehead atoms. The van der Waals surface area contributed by atoms with E-state index in [1.807, 2.05) is 30.3 Å². The van der Waals surface area contributed by atoms with Crippen LogP contribution in [0.15, 0.2) is 47.4 Å². The van der Waals surface area contributed by atoms with E-state index < -0.39 is 21.8 Å². The molecule has 1 saturated heterocycles. The number of hydrogen-bond donors (Lipinski definition) is 2. The van der Waals surface area contributed by atoms with E-state index >= 15 is 0 Å². The minimum absolute atomic E-state index is 0.00809. The maximum atomic E-state index is 13.0. The number of carbonyl (C=O) groups is 2. The Hall–Kier alpha value is -3.11. The Morgan fingerprint density at radius 2 is 1.89 bits per heavy atom. The molecule has 9 nitrogen and oxygen atoms in total. The van der Waals surface area contributed by atoms with E-state index in [-0.39, 0.29) is 40.3 Å². The molecule has 2 N–H and O–H groups in total. The highest BCUT2D eigenvalue weighted by atomic mass is 32.2. The molecule has 1 aliphatic rings. The summed E-state index contributed by atoms with van der Waals surface area (Å²) >= 11 is 0. The fourth-order valence-corrected chi connectivity index (χ4v) is 5.19. The molecule has 0 unspecified atom stereocenters. The molecule has 0 radical (unpaired) electrons. The summed E-state index contributed by atoms with van der Waals surface area (Å²) in [5, 5.41) is 5.40. The Morgan fingerprint density at radius 1 is 1.14 bits per heavy atom. The van der Waals surface area contributed by atoms with Crippen molar-refractivity contribution in [1.29, 1.82) is 0 Å². The smallest absolute Gasteiger partial charge is 0.411 e. The quantitative estimate of drug-likeness (QED) is 0.510. The number of rotatable bonds is 10. The van der Waals surface area contributed by atoms with Crippen LogP contribution in [0.3, 0.4) is 0 Å². The van der Waals surface area contributed by atoms with Crippen molar-refractivity contribution in [2.45, 2.75) is 44.2 Å². The van der Waals surface area contributed by atoms with Crippen molar-refractivity contribution in [3.8, 4) is 5.75 Å². The topological polar surface area (TPSA) is 114 Å². The first-order chi connectivity index (χ1) is 16.8. The van der Waals surface area contributed by atoms with Gasteiger partial charge in [-0.1, -0.05) is 44.2 Å². The van der Waals surface area contributed by atoms with Crippen LogP contribution in [0.25, 0.3) is 0 Å². The molecule has 10 heteroatoms. The van der Waals surface area contributed by atoms with Gasteiger partial charge in [-0.25, -0.2) is 13.2 Å². The standard InChI is InChI=1S/C25H33N3O6S/c1-4-28-13-9-12-19(28)16-26-24(29)20-14-23(35(31,32)5-2)21(15-22(20)33-3)27-25(30)34-17-18-10-7-6-8-11-18/h6-8,10-11,14-15,19H,4-5,9,12-13,16-17H2,1-3H3,(H,26,29)(H,27,30)/t19-/m1/s1. The van der Waals surface area contributed by atoms with Crippen molar-refractivity contribution in [1.82, 2.24) is 10.2 Å². The fourth-order valence-electron chi connectivity index (χ4n) is 4.13. The summed E-state index contributed by atoms with van der Waals surface area (Å²) in [6.07, 6.45) is 1.26. The zero-order chi connectivity index (χ0) is 25.4. The highest BCUT2D eigenvalue weighted by Gasteiger charge is 2.27. The van der Waals surface area contributed by atoms with Crippen LogP contribution in [0.4, 0.5) is 10.5 Å². The number of anilines is 1. The normalized spacial score (nSPS) is 16.0. The summed E-state index contributed by atoms with van der Waals surface area (Å²) < 4.78 is 36.3. The number of carbonyl (C=O) groups excluding carboxylic acids is 2. The molecule has 1 heterocycles. The number of hydrogen-bond acceptors (Lipinski definition) is 7. The van der Waals surface area contributed by atoms with Gasteiger partial charge in [-0.05, 0) is 37.6 Å². The number of methoxy groups -OCH3 is 1. The van der Waals surface area contributed by atoms with Gasteiger partial charge < -0.3 is 14.8 Å². The molecule has 1 fully saturated rings. The van der Waals surface area contributed by atoms with E-state index in [1.165, 1.54) is 26.2 Å². The van der Waals surface area contributed by atoms with Gasteiger partial charge in [0.05, 0.1) is 29.0 Å². The lowest BCUT2D eigenvalue weighted by Crippen LogP contribution is -2.40. The van der Waals surface area contributed by atoms with E-state index in [1.54, 1.807) is 0 Å². The Balaban J connectivity index is 1.82. The maximum absolute atomic E-state index is 13.0. The molecule has 2 amide bonds. The number of amides is 2. The number of benzene rings is 2. The van der Waals surface area contributed by atoms with Gasteiger partial charge in [0.2, 0.25) is 0 Å². The predicted octanol–water partition coefficient (Wildman–Crippen LogP) is 3.45. The van der Waals surface area contributed by atoms with Crippen molar-refractivity contribution >= 4 is 27.5 Å². The summed E-state index contributed by atoms with van der Waals surface area (Å²) in [5.74, 6) is -0.493. The zero-order valence-electron chi connectivity index (χ0n) is 20.4. The Morgan fingerprint density at radius 3 is 2.54 bits per heavy atom. The molecular weight excluding hydrogens is 470 g/mol. The minimum Gasteiger partial charge on any atom is -0.496 e. The van der Waals surface area contributed by atoms with Gasteiger partial charge >= 0.3 is 6.09 Å². The summed E-state index contributed by atoms with van der Waals surface area (Å²) in [6.45, 7) is 5.97. The third-order valence-electron chi connectivity index (χ3n) is 6.11. The van der Waals surface area contributed by atoms with Gasteiger partial charge in [0.15, 0.2) is 9.84 Å². The largest absolute Gasteiger partial charge is 0.496 e. The van der Waals surface area contributed by atoms with Crippen LogP contribution in [0.5, 0.6) is 5.75 Å². The van der Waals surface area contributed by atoms with E-state index in [2.05, 4.69) is 22.5 Å². The second kappa shape index (κ2) is 12.0. The van der Waals surface area contributed by atoms with Gasteiger partial charge in [0.1, 0.15) is 12.4 Å². The Kier molecular flexibility index (Phi) is 9.11. The fraction of sp³-hybridized carbons (Fsp3) is 0.440. The molecule has 1 atom stereocenters. The second-order valence-electron chi connectivity index (χ2n) is 8.27. The SMILES string of the molecule is CCN1CCC[C@@H]1CNC(=O)c1cc(S(=O)(=O)CC)c(NC(=O)OCc2ccccc2)cc1OC. The number of ether oxygens (including phenoxy) is 2. The first-order valence-electron chi connectivity index (χ1n) is 11.7. The molecule has 0 aliphatic carbocycles. The molecule has 35 heavy (non-hydrogen) atoms. The van der Waals surface area contributed by atoms with E-state index in [0.717, 1.165) is 31.5 Å². The Labute approximate surface area is 206 Å². The van der Waals surface area contributed by atoms with Crippen molar-refractivity contribution < 1.29 is 27.5 Å². The Bertz CT molecular complexity index is 1140. The van der Waals surface area contributed by atoms with Gasteiger partial charge in [-0.15, -0.1) is 0 Å². The van der Waals surface area contributed by atoms with Gasteiger partial charge in [0, 0.05) is 18.7 Å². The zero-order valence-corrected chi connectivity index (χ0v) is 21.2. The van der Waals surface area contributed by atoms with E-state index in [4.69, 9.17) is 9.47 Å². The summed E-state index contributed by atoms with van der Waals surface area (Å²) in [5.41, 5.74) is 0.868. The summed E-state index contributed by atoms with van der Waals surface area (Å²) in [6, 6.07) is 12.0. The number of nitrogens with one attached hydrogen (secondary N) is 2. The number of likely N-dealkylation sites (tertiary alicyclic amines) is 1. The van der Waals surface area contributed by atoms with Crippen LogP contribution in [0.1, 0.15) is 42.6 Å². The highest BCUT2D eigenvalue weighted by Crippen LogP contribution is 2.32. The molecule has 3 rings (SSSR count). The summed E-state index contributed by atoms with van der Waals surface area (Å²) in [7, 11) is -2.40. The van der Waals surface area contributed by atoms with Crippen molar-refractivity contribution in [3.63, 3.8) is 0 Å². The van der Waals surface area contributed by atoms with Crippen LogP contribution in [-0.4, -0.2) is 63.9 Å². The lowest BCUT2D eigenvalue weighted by Gasteiger charge is -2.23. The van der Waals surface area contributed by atoms with Crippen LogP contribution in [0.2, 0.25) is 0 Å². The third-order valence-corrected chi connectivity index (χ3v) is 7.88. The van der Waals surface area contributed by atoms with Gasteiger partial charge in [0.25, 0.3) is 5.91 Å². The molecular formula is C25H33N3O6S. The van der Waals surface area contributed by atoms with Crippen LogP contribution < -0.4 is 15.4 Å². The second-order valence-corrected chi connectivity index (χ2v) is 10.5. The van der Waals surface area contributed by atoms with Crippen LogP contribution in [0, 0.1) is 0 Å². The molecule has 0 saturated carbocycles. The third kappa shape index (κ3) is 6.73. The first-order valence-corrected chi connectivity index (χ1v) is 13.4. The van der Waals surface area contributed by atoms with Gasteiger partial charge in [-0.2, -0.15) is 0 Å². The number of nitrogens with zero attached hydrogens (tertiary/aromatic N) is 1. The van der Waals surface area contributed by atoms with Crippen molar-refractivity contribution in [2.24, 2.45) is 0 Å². The number of likely N-dealkylation sites (N-methyl/N-ethyl adjacent to an activating group) is 1. The molecule has 2 aromatic rings. The minimum atomic E-state index is -3.78. The molecule has 1 aliphatic heterocycles. The average molecular weight is 504 g/mol. The lowest BCUT2D eigenvalue weighted by atomic mass is 10.1. The summed E-state index contributed by atoms with van der Waals surface area (Å²) in [4.78, 5) is 27.6. The predicted molar refractivity (Wildman–Crippen MR) is 134 cm³/mol. The molecule has 0 spiro atoms. The van der Waals surface area contributed by atoms with E-state index in [0.29, 0.717) is 6.54 Å². The van der Waals surface area contributed by atoms with Crippen molar-refractivity contribution in [3.05, 3.63) is 53.6 Å². The monoisotopic (exact) mass is 503 g/mol. The van der Waals surface area contributed by atoms with Crippen molar-refractivity contribution in [2.75, 3.05) is 37.8 Å². The van der Waals surface area contributed by atoms with Crippen LogP contribution in [-0.2, 0) is 21.2 Å². The lowest BCUT2D eigenvalue weighted by molar-refractivity contribution is 0.0938. The number of sulfone groups is 1.